The quantitative estimate of drug-likeness (QED) is 0.864. The molecule has 2 aromatic rings. The van der Waals surface area contributed by atoms with Gasteiger partial charge in [-0.3, -0.25) is 0 Å². The van der Waals surface area contributed by atoms with Crippen molar-refractivity contribution in [1.29, 1.82) is 0 Å². The van der Waals surface area contributed by atoms with Gasteiger partial charge in [0.25, 0.3) is 0 Å². The van der Waals surface area contributed by atoms with Gasteiger partial charge in [-0.2, -0.15) is 0 Å². The van der Waals surface area contributed by atoms with Gasteiger partial charge in [-0.05, 0) is 26.3 Å². The minimum Gasteiger partial charge on any atom is -0.444 e. The smallest absolute Gasteiger partial charge is 0.410 e. The van der Waals surface area contributed by atoms with Gasteiger partial charge >= 0.3 is 6.09 Å². The van der Waals surface area contributed by atoms with E-state index >= 15 is 0 Å². The topological polar surface area (TPSA) is 55.6 Å². The first-order valence-electron chi connectivity index (χ1n) is 6.79. The molecule has 0 aliphatic heterocycles. The van der Waals surface area contributed by atoms with Crippen LogP contribution in [0.5, 0.6) is 0 Å². The predicted octanol–water partition coefficient (Wildman–Crippen LogP) is 3.71. The average Bonchev–Trinajstić information content (AvgIpc) is 2.91. The lowest BCUT2D eigenvalue weighted by molar-refractivity contribution is 0.0285. The molecule has 0 saturated carbocycles. The van der Waals surface area contributed by atoms with E-state index in [9.17, 15) is 4.79 Å². The fraction of sp³-hybridized carbons (Fsp3) is 0.375. The highest BCUT2D eigenvalue weighted by Crippen LogP contribution is 2.18. The Morgan fingerprint density at radius 1 is 1.24 bits per heavy atom. The molecule has 0 aliphatic rings. The fourth-order valence-electron chi connectivity index (χ4n) is 1.82. The Morgan fingerprint density at radius 2 is 1.90 bits per heavy atom. The van der Waals surface area contributed by atoms with Crippen LogP contribution < -0.4 is 0 Å². The van der Waals surface area contributed by atoms with Crippen molar-refractivity contribution in [3.63, 3.8) is 0 Å². The molecule has 21 heavy (non-hydrogen) atoms. The van der Waals surface area contributed by atoms with Crippen molar-refractivity contribution >= 4 is 6.09 Å². The molecule has 0 bridgehead atoms. The molecule has 2 rings (SSSR count). The largest absolute Gasteiger partial charge is 0.444 e. The van der Waals surface area contributed by atoms with Gasteiger partial charge in [-0.25, -0.2) is 4.79 Å². The van der Waals surface area contributed by atoms with E-state index in [1.165, 1.54) is 0 Å². The van der Waals surface area contributed by atoms with Gasteiger partial charge in [0.05, 0.1) is 0 Å². The van der Waals surface area contributed by atoms with Crippen LogP contribution in [0.2, 0.25) is 0 Å². The summed E-state index contributed by atoms with van der Waals surface area (Å²) in [7, 11) is 1.72. The van der Waals surface area contributed by atoms with Gasteiger partial charge < -0.3 is 14.2 Å². The highest BCUT2D eigenvalue weighted by Gasteiger charge is 2.19. The average molecular weight is 288 g/mol. The standard InChI is InChI=1S/C16H20N2O3/c1-16(2,3)21-15(19)18(4)11-12-5-7-13(8-6-12)14-9-10-20-17-14/h5-10H,11H2,1-4H3. The Balaban J connectivity index is 1.98. The second-order valence-corrected chi connectivity index (χ2v) is 5.92. The van der Waals surface area contributed by atoms with Gasteiger partial charge in [0.1, 0.15) is 17.6 Å². The summed E-state index contributed by atoms with van der Waals surface area (Å²) < 4.78 is 10.1. The van der Waals surface area contributed by atoms with E-state index in [0.29, 0.717) is 6.54 Å². The van der Waals surface area contributed by atoms with Crippen LogP contribution in [-0.2, 0) is 11.3 Å². The Bertz CT molecular complexity index is 583. The number of rotatable bonds is 3. The van der Waals surface area contributed by atoms with E-state index in [-0.39, 0.29) is 6.09 Å². The SMILES string of the molecule is CN(Cc1ccc(-c2ccon2)cc1)C(=O)OC(C)(C)C. The number of nitrogens with zero attached hydrogens (tertiary/aromatic N) is 2. The van der Waals surface area contributed by atoms with Gasteiger partial charge in [-0.15, -0.1) is 0 Å². The third kappa shape index (κ3) is 4.34. The number of carbonyl (C=O) groups is 1. The Hall–Kier alpha value is -2.30. The third-order valence-electron chi connectivity index (χ3n) is 2.81. The lowest BCUT2D eigenvalue weighted by Crippen LogP contribution is -2.33. The van der Waals surface area contributed by atoms with E-state index < -0.39 is 5.60 Å². The molecular formula is C16H20N2O3. The summed E-state index contributed by atoms with van der Waals surface area (Å²) in [6, 6.07) is 9.64. The van der Waals surface area contributed by atoms with Crippen molar-refractivity contribution in [3.05, 3.63) is 42.2 Å². The normalized spacial score (nSPS) is 11.2. The molecule has 1 aromatic heterocycles. The molecule has 5 heteroatoms. The summed E-state index contributed by atoms with van der Waals surface area (Å²) in [5, 5.41) is 3.89. The summed E-state index contributed by atoms with van der Waals surface area (Å²) in [4.78, 5) is 13.4. The van der Waals surface area contributed by atoms with Crippen LogP contribution in [-0.4, -0.2) is 28.8 Å². The maximum Gasteiger partial charge on any atom is 0.410 e. The maximum atomic E-state index is 11.9. The Labute approximate surface area is 124 Å². The predicted molar refractivity (Wildman–Crippen MR) is 79.6 cm³/mol. The van der Waals surface area contributed by atoms with Gasteiger partial charge in [0.2, 0.25) is 0 Å². The highest BCUT2D eigenvalue weighted by molar-refractivity contribution is 5.68. The molecule has 0 atom stereocenters. The molecule has 0 radical (unpaired) electrons. The van der Waals surface area contributed by atoms with Crippen molar-refractivity contribution in [2.24, 2.45) is 0 Å². The lowest BCUT2D eigenvalue weighted by Gasteiger charge is -2.24. The second-order valence-electron chi connectivity index (χ2n) is 5.92. The number of benzene rings is 1. The van der Waals surface area contributed by atoms with E-state index in [0.717, 1.165) is 16.8 Å². The van der Waals surface area contributed by atoms with Gasteiger partial charge in [0.15, 0.2) is 0 Å². The molecule has 0 N–H and O–H groups in total. The molecule has 0 saturated heterocycles. The third-order valence-corrected chi connectivity index (χ3v) is 2.81. The van der Waals surface area contributed by atoms with Crippen LogP contribution >= 0.6 is 0 Å². The van der Waals surface area contributed by atoms with E-state index in [1.807, 2.05) is 51.1 Å². The summed E-state index contributed by atoms with van der Waals surface area (Å²) in [6.45, 7) is 6.05. The zero-order chi connectivity index (χ0) is 15.5. The number of amides is 1. The van der Waals surface area contributed by atoms with Crippen molar-refractivity contribution < 1.29 is 14.1 Å². The van der Waals surface area contributed by atoms with E-state index in [2.05, 4.69) is 5.16 Å². The molecular weight excluding hydrogens is 268 g/mol. The first kappa shape index (κ1) is 15.1. The summed E-state index contributed by atoms with van der Waals surface area (Å²) in [5.74, 6) is 0. The maximum absolute atomic E-state index is 11.9. The van der Waals surface area contributed by atoms with Crippen molar-refractivity contribution in [1.82, 2.24) is 10.1 Å². The monoisotopic (exact) mass is 288 g/mol. The number of ether oxygens (including phenoxy) is 1. The van der Waals surface area contributed by atoms with Gasteiger partial charge in [-0.1, -0.05) is 29.4 Å². The number of aromatic nitrogens is 1. The molecule has 0 aliphatic carbocycles. The number of hydrogen-bond acceptors (Lipinski definition) is 4. The van der Waals surface area contributed by atoms with E-state index in [4.69, 9.17) is 9.26 Å². The lowest BCUT2D eigenvalue weighted by atomic mass is 10.1. The molecule has 1 heterocycles. The van der Waals surface area contributed by atoms with Crippen molar-refractivity contribution in [3.8, 4) is 11.3 Å². The summed E-state index contributed by atoms with van der Waals surface area (Å²) in [5.41, 5.74) is 2.31. The molecule has 1 amide bonds. The Kier molecular flexibility index (Phi) is 4.31. The Morgan fingerprint density at radius 3 is 2.43 bits per heavy atom. The zero-order valence-electron chi connectivity index (χ0n) is 12.8. The second kappa shape index (κ2) is 5.99. The molecule has 112 valence electrons. The highest BCUT2D eigenvalue weighted by atomic mass is 16.6. The van der Waals surface area contributed by atoms with Gasteiger partial charge in [0, 0.05) is 25.2 Å². The fourth-order valence-corrected chi connectivity index (χ4v) is 1.82. The molecule has 0 fully saturated rings. The van der Waals surface area contributed by atoms with Crippen molar-refractivity contribution in [2.45, 2.75) is 32.9 Å². The first-order valence-corrected chi connectivity index (χ1v) is 6.79. The van der Waals surface area contributed by atoms with Crippen molar-refractivity contribution in [2.75, 3.05) is 7.05 Å². The van der Waals surface area contributed by atoms with Crippen LogP contribution in [0.4, 0.5) is 4.79 Å². The first-order chi connectivity index (χ1) is 9.85. The van der Waals surface area contributed by atoms with Crippen LogP contribution in [0, 0.1) is 0 Å². The summed E-state index contributed by atoms with van der Waals surface area (Å²) >= 11 is 0. The molecule has 0 spiro atoms. The number of carbonyl (C=O) groups excluding carboxylic acids is 1. The number of hydrogen-bond donors (Lipinski definition) is 0. The van der Waals surface area contributed by atoms with Crippen LogP contribution in [0.3, 0.4) is 0 Å². The minimum absolute atomic E-state index is 0.330. The van der Waals surface area contributed by atoms with Crippen LogP contribution in [0.1, 0.15) is 26.3 Å². The van der Waals surface area contributed by atoms with Crippen LogP contribution in [0.25, 0.3) is 11.3 Å². The van der Waals surface area contributed by atoms with Crippen LogP contribution in [0.15, 0.2) is 41.1 Å². The molecule has 1 aromatic carbocycles. The molecule has 0 unspecified atom stereocenters. The zero-order valence-corrected chi connectivity index (χ0v) is 12.8. The molecule has 5 nitrogen and oxygen atoms in total. The summed E-state index contributed by atoms with van der Waals surface area (Å²) in [6.07, 6.45) is 1.21. The van der Waals surface area contributed by atoms with E-state index in [1.54, 1.807) is 18.2 Å². The minimum atomic E-state index is -0.484.